The van der Waals surface area contributed by atoms with Crippen molar-refractivity contribution in [1.29, 1.82) is 0 Å². The van der Waals surface area contributed by atoms with E-state index in [9.17, 15) is 9.90 Å². The minimum atomic E-state index is -0.715. The van der Waals surface area contributed by atoms with Crippen LogP contribution in [-0.4, -0.2) is 40.0 Å². The van der Waals surface area contributed by atoms with E-state index in [-0.39, 0.29) is 24.0 Å². The summed E-state index contributed by atoms with van der Waals surface area (Å²) in [5.74, 6) is -0.893. The number of hydrogen-bond acceptors (Lipinski definition) is 6. The summed E-state index contributed by atoms with van der Waals surface area (Å²) in [5.41, 5.74) is 2.46. The van der Waals surface area contributed by atoms with E-state index in [1.807, 2.05) is 26.0 Å². The van der Waals surface area contributed by atoms with E-state index in [1.54, 1.807) is 19.4 Å². The van der Waals surface area contributed by atoms with Gasteiger partial charge in [0.05, 0.1) is 30.2 Å². The Balaban J connectivity index is 1.67. The van der Waals surface area contributed by atoms with Gasteiger partial charge in [0.25, 0.3) is 0 Å². The summed E-state index contributed by atoms with van der Waals surface area (Å²) in [6.07, 6.45) is 4.31. The molecule has 2 atom stereocenters. The smallest absolute Gasteiger partial charge is 0.306 e. The molecule has 0 radical (unpaired) electrons. The van der Waals surface area contributed by atoms with Crippen LogP contribution in [0.3, 0.4) is 0 Å². The molecule has 1 aliphatic heterocycles. The van der Waals surface area contributed by atoms with Gasteiger partial charge >= 0.3 is 5.97 Å². The van der Waals surface area contributed by atoms with Crippen LogP contribution >= 0.6 is 0 Å². The second-order valence-electron chi connectivity index (χ2n) is 8.09. The molecule has 2 aromatic rings. The summed E-state index contributed by atoms with van der Waals surface area (Å²) in [5, 5.41) is 9.29. The molecular weight excluding hydrogens is 360 g/mol. The number of hydrogen-bond donors (Lipinski definition) is 1. The van der Waals surface area contributed by atoms with Gasteiger partial charge in [-0.1, -0.05) is 0 Å². The molecule has 28 heavy (non-hydrogen) atoms. The maximum absolute atomic E-state index is 11.3. The minimum Gasteiger partial charge on any atom is -0.481 e. The highest BCUT2D eigenvalue weighted by Gasteiger charge is 2.47. The average molecular weight is 386 g/mol. The van der Waals surface area contributed by atoms with E-state index < -0.39 is 11.8 Å². The van der Waals surface area contributed by atoms with E-state index in [1.165, 1.54) is 0 Å². The largest absolute Gasteiger partial charge is 0.481 e. The number of carbonyl (C=O) groups is 1. The first-order valence-electron chi connectivity index (χ1n) is 9.76. The first-order valence-corrected chi connectivity index (χ1v) is 9.76. The van der Waals surface area contributed by atoms with Crippen LogP contribution in [0.15, 0.2) is 24.4 Å². The molecule has 2 aromatic heterocycles. The number of fused-ring (bicyclic) bond motifs is 1. The molecule has 4 rings (SSSR count). The second-order valence-corrected chi connectivity index (χ2v) is 8.09. The van der Waals surface area contributed by atoms with E-state index in [4.69, 9.17) is 14.2 Å². The monoisotopic (exact) mass is 386 g/mol. The van der Waals surface area contributed by atoms with Crippen molar-refractivity contribution in [3.8, 4) is 5.88 Å². The molecule has 0 amide bonds. The number of aliphatic carboxylic acids is 1. The van der Waals surface area contributed by atoms with Crippen LogP contribution < -0.4 is 4.74 Å². The first kappa shape index (κ1) is 19.1. The first-order chi connectivity index (χ1) is 13.4. The number of ether oxygens (including phenoxy) is 3. The average Bonchev–Trinajstić information content (AvgIpc) is 3.02. The predicted octanol–water partition coefficient (Wildman–Crippen LogP) is 3.72. The van der Waals surface area contributed by atoms with E-state index >= 15 is 0 Å². The lowest BCUT2D eigenvalue weighted by Gasteiger charge is -2.32. The zero-order valence-corrected chi connectivity index (χ0v) is 16.4. The fourth-order valence-corrected chi connectivity index (χ4v) is 4.44. The van der Waals surface area contributed by atoms with Crippen LogP contribution in [-0.2, 0) is 14.3 Å². The van der Waals surface area contributed by atoms with Gasteiger partial charge in [-0.25, -0.2) is 4.98 Å². The highest BCUT2D eigenvalue weighted by molar-refractivity contribution is 5.78. The topological polar surface area (TPSA) is 90.8 Å². The molecule has 1 N–H and O–H groups in total. The van der Waals surface area contributed by atoms with Crippen LogP contribution in [0.1, 0.15) is 51.2 Å². The fraction of sp³-hybridized carbons (Fsp3) is 0.571. The maximum Gasteiger partial charge on any atom is 0.306 e. The van der Waals surface area contributed by atoms with Gasteiger partial charge in [-0.15, -0.1) is 0 Å². The third-order valence-corrected chi connectivity index (χ3v) is 5.82. The van der Waals surface area contributed by atoms with Crippen molar-refractivity contribution >= 4 is 17.0 Å². The number of aromatic nitrogens is 2. The quantitative estimate of drug-likeness (QED) is 0.856. The van der Waals surface area contributed by atoms with Crippen molar-refractivity contribution in [1.82, 2.24) is 9.97 Å². The van der Waals surface area contributed by atoms with Crippen LogP contribution in [0.25, 0.3) is 11.0 Å². The molecule has 150 valence electrons. The molecule has 1 saturated heterocycles. The van der Waals surface area contributed by atoms with Crippen LogP contribution in [0.4, 0.5) is 0 Å². The number of carboxylic acids is 1. The van der Waals surface area contributed by atoms with Crippen LogP contribution in [0.2, 0.25) is 0 Å². The molecule has 2 unspecified atom stereocenters. The van der Waals surface area contributed by atoms with Gasteiger partial charge in [0.1, 0.15) is 6.10 Å². The van der Waals surface area contributed by atoms with Crippen molar-refractivity contribution in [2.45, 2.75) is 57.5 Å². The predicted molar refractivity (Wildman–Crippen MR) is 102 cm³/mol. The number of carboxylic acid groups (broad SMARTS) is 1. The third kappa shape index (κ3) is 3.56. The minimum absolute atomic E-state index is 0.150. The Labute approximate surface area is 164 Å². The molecule has 2 fully saturated rings. The van der Waals surface area contributed by atoms with Gasteiger partial charge in [0, 0.05) is 17.8 Å². The van der Waals surface area contributed by atoms with Gasteiger partial charge in [0.2, 0.25) is 5.88 Å². The third-order valence-electron chi connectivity index (χ3n) is 5.82. The zero-order valence-electron chi connectivity index (χ0n) is 16.4. The molecule has 3 heterocycles. The molecule has 0 aromatic carbocycles. The lowest BCUT2D eigenvalue weighted by atomic mass is 9.77. The normalized spacial score (nSPS) is 29.7. The Morgan fingerprint density at radius 1 is 1.18 bits per heavy atom. The number of nitrogens with zero attached hydrogens (tertiary/aromatic N) is 2. The molecule has 0 spiro atoms. The summed E-state index contributed by atoms with van der Waals surface area (Å²) < 4.78 is 17.9. The van der Waals surface area contributed by atoms with Gasteiger partial charge in [-0.3, -0.25) is 9.78 Å². The SMILES string of the molecule is COc1ccc2nccc(C3OC(C)(C)OC3C3CCC(C(=O)O)CC3)c2n1. The molecular formula is C21H26N2O5. The molecule has 0 bridgehead atoms. The number of pyridine rings is 2. The van der Waals surface area contributed by atoms with Crippen molar-refractivity contribution in [3.05, 3.63) is 30.0 Å². The number of methoxy groups -OCH3 is 1. The Kier molecular flexibility index (Phi) is 4.97. The standard InChI is InChI=1S/C21H26N2O5/c1-21(2)27-18(12-4-6-13(7-5-12)20(24)25)19(28-21)14-10-11-22-15-8-9-16(26-3)23-17(14)15/h8-13,18-19H,4-7H2,1-3H3,(H,24,25). The highest BCUT2D eigenvalue weighted by atomic mass is 16.8. The summed E-state index contributed by atoms with van der Waals surface area (Å²) >= 11 is 0. The zero-order chi connectivity index (χ0) is 19.9. The summed E-state index contributed by atoms with van der Waals surface area (Å²) in [4.78, 5) is 20.3. The summed E-state index contributed by atoms with van der Waals surface area (Å²) in [6.45, 7) is 3.83. The Hall–Kier alpha value is -2.25. The molecule has 7 nitrogen and oxygen atoms in total. The lowest BCUT2D eigenvalue weighted by molar-refractivity contribution is -0.154. The summed E-state index contributed by atoms with van der Waals surface area (Å²) in [6, 6.07) is 5.61. The van der Waals surface area contributed by atoms with Crippen molar-refractivity contribution in [3.63, 3.8) is 0 Å². The van der Waals surface area contributed by atoms with Crippen molar-refractivity contribution in [2.75, 3.05) is 7.11 Å². The fourth-order valence-electron chi connectivity index (χ4n) is 4.44. The van der Waals surface area contributed by atoms with Gasteiger partial charge in [-0.05, 0) is 57.6 Å². The maximum atomic E-state index is 11.3. The highest BCUT2D eigenvalue weighted by Crippen LogP contribution is 2.46. The Morgan fingerprint density at radius 3 is 2.61 bits per heavy atom. The lowest BCUT2D eigenvalue weighted by Crippen LogP contribution is -2.32. The molecule has 1 aliphatic carbocycles. The van der Waals surface area contributed by atoms with E-state index in [0.717, 1.165) is 29.4 Å². The van der Waals surface area contributed by atoms with Gasteiger partial charge in [0.15, 0.2) is 5.79 Å². The van der Waals surface area contributed by atoms with E-state index in [2.05, 4.69) is 9.97 Å². The van der Waals surface area contributed by atoms with Gasteiger partial charge in [-0.2, -0.15) is 0 Å². The van der Waals surface area contributed by atoms with Crippen molar-refractivity contribution in [2.24, 2.45) is 11.8 Å². The Morgan fingerprint density at radius 2 is 1.93 bits per heavy atom. The number of rotatable bonds is 4. The van der Waals surface area contributed by atoms with Crippen LogP contribution in [0.5, 0.6) is 5.88 Å². The molecule has 7 heteroatoms. The van der Waals surface area contributed by atoms with Gasteiger partial charge < -0.3 is 19.3 Å². The van der Waals surface area contributed by atoms with Crippen LogP contribution in [0, 0.1) is 11.8 Å². The Bertz CT molecular complexity index is 876. The molecule has 2 aliphatic rings. The second kappa shape index (κ2) is 7.29. The van der Waals surface area contributed by atoms with E-state index in [0.29, 0.717) is 18.7 Å². The molecule has 1 saturated carbocycles. The van der Waals surface area contributed by atoms with Crippen molar-refractivity contribution < 1.29 is 24.1 Å². The summed E-state index contributed by atoms with van der Waals surface area (Å²) in [7, 11) is 1.59.